The lowest BCUT2D eigenvalue weighted by molar-refractivity contribution is -0.0372. The number of aryl methyl sites for hydroxylation is 1. The predicted molar refractivity (Wildman–Crippen MR) is 81.9 cm³/mol. The Morgan fingerprint density at radius 1 is 1.42 bits per heavy atom. The molecule has 108 valence electrons. The first-order valence-electron chi connectivity index (χ1n) is 7.33. The Morgan fingerprint density at radius 2 is 2.21 bits per heavy atom. The molecule has 0 bridgehead atoms. The van der Waals surface area contributed by atoms with Gasteiger partial charge >= 0.3 is 0 Å². The predicted octanol–water partition coefficient (Wildman–Crippen LogP) is 2.51. The molecule has 1 aromatic rings. The second-order valence-electron chi connectivity index (χ2n) is 5.43. The lowest BCUT2D eigenvalue weighted by Gasteiger charge is -2.35. The van der Waals surface area contributed by atoms with Crippen molar-refractivity contribution in [3.8, 4) is 0 Å². The fourth-order valence-electron chi connectivity index (χ4n) is 2.40. The highest BCUT2D eigenvalue weighted by Gasteiger charge is 2.21. The van der Waals surface area contributed by atoms with Crippen LogP contribution in [0.3, 0.4) is 0 Å². The van der Waals surface area contributed by atoms with Crippen molar-refractivity contribution in [2.24, 2.45) is 0 Å². The van der Waals surface area contributed by atoms with Gasteiger partial charge in [-0.15, -0.1) is 11.3 Å². The third kappa shape index (κ3) is 4.56. The minimum Gasteiger partial charge on any atom is -0.374 e. The quantitative estimate of drug-likeness (QED) is 0.867. The van der Waals surface area contributed by atoms with Crippen molar-refractivity contribution in [2.45, 2.75) is 45.9 Å². The molecule has 1 unspecified atom stereocenters. The molecule has 2 heterocycles. The summed E-state index contributed by atoms with van der Waals surface area (Å²) in [5.74, 6) is 0. The average molecular weight is 282 g/mol. The average Bonchev–Trinajstić information content (AvgIpc) is 2.87. The second kappa shape index (κ2) is 7.39. The number of hydrogen-bond acceptors (Lipinski definition) is 4. The largest absolute Gasteiger partial charge is 0.374 e. The first-order valence-corrected chi connectivity index (χ1v) is 8.14. The van der Waals surface area contributed by atoms with Gasteiger partial charge in [-0.3, -0.25) is 4.90 Å². The van der Waals surface area contributed by atoms with Gasteiger partial charge in [0.2, 0.25) is 0 Å². The van der Waals surface area contributed by atoms with E-state index in [1.54, 1.807) is 0 Å². The molecule has 1 N–H and O–H groups in total. The molecule has 0 amide bonds. The van der Waals surface area contributed by atoms with Crippen molar-refractivity contribution in [1.82, 2.24) is 10.2 Å². The van der Waals surface area contributed by atoms with Crippen molar-refractivity contribution in [2.75, 3.05) is 26.2 Å². The van der Waals surface area contributed by atoms with Gasteiger partial charge in [0.05, 0.1) is 12.7 Å². The van der Waals surface area contributed by atoms with Crippen LogP contribution in [0.5, 0.6) is 0 Å². The minimum absolute atomic E-state index is 0.335. The first kappa shape index (κ1) is 15.0. The molecule has 0 radical (unpaired) electrons. The van der Waals surface area contributed by atoms with E-state index >= 15 is 0 Å². The van der Waals surface area contributed by atoms with Crippen LogP contribution in [0.1, 0.15) is 30.5 Å². The topological polar surface area (TPSA) is 24.5 Å². The zero-order chi connectivity index (χ0) is 13.7. The molecule has 0 aromatic carbocycles. The molecule has 0 spiro atoms. The van der Waals surface area contributed by atoms with Crippen molar-refractivity contribution >= 4 is 11.3 Å². The van der Waals surface area contributed by atoms with Crippen LogP contribution in [0.15, 0.2) is 12.1 Å². The van der Waals surface area contributed by atoms with Gasteiger partial charge in [-0.1, -0.05) is 6.92 Å². The van der Waals surface area contributed by atoms with Crippen LogP contribution >= 0.6 is 11.3 Å². The van der Waals surface area contributed by atoms with Crippen LogP contribution in [-0.4, -0.2) is 43.3 Å². The van der Waals surface area contributed by atoms with Gasteiger partial charge < -0.3 is 10.1 Å². The van der Waals surface area contributed by atoms with Gasteiger partial charge in [0.25, 0.3) is 0 Å². The molecule has 3 nitrogen and oxygen atoms in total. The Bertz CT molecular complexity index is 378. The van der Waals surface area contributed by atoms with Crippen LogP contribution in [0.2, 0.25) is 0 Å². The summed E-state index contributed by atoms with van der Waals surface area (Å²) >= 11 is 1.91. The third-order valence-electron chi connectivity index (χ3n) is 3.64. The summed E-state index contributed by atoms with van der Waals surface area (Å²) in [5.41, 5.74) is 0. The van der Waals surface area contributed by atoms with E-state index in [2.05, 4.69) is 43.1 Å². The normalized spacial score (nSPS) is 21.2. The van der Waals surface area contributed by atoms with Crippen molar-refractivity contribution in [3.63, 3.8) is 0 Å². The first-order chi connectivity index (χ1) is 9.19. The van der Waals surface area contributed by atoms with E-state index < -0.39 is 0 Å². The van der Waals surface area contributed by atoms with Gasteiger partial charge in [-0.25, -0.2) is 0 Å². The van der Waals surface area contributed by atoms with E-state index in [0.717, 1.165) is 39.2 Å². The number of nitrogens with one attached hydrogen (secondary N) is 1. The SMILES string of the molecule is CCc1ccc(CNCC2CN(C(C)C)CCO2)s1. The van der Waals surface area contributed by atoms with Gasteiger partial charge in [-0.05, 0) is 32.4 Å². The molecule has 0 saturated carbocycles. The molecule has 1 fully saturated rings. The van der Waals surface area contributed by atoms with Crippen LogP contribution < -0.4 is 5.32 Å². The standard InChI is InChI=1S/C15H26N2OS/c1-4-14-5-6-15(19-14)10-16-9-13-11-17(12(2)3)7-8-18-13/h5-6,12-13,16H,4,7-11H2,1-3H3. The summed E-state index contributed by atoms with van der Waals surface area (Å²) in [7, 11) is 0. The smallest absolute Gasteiger partial charge is 0.0826 e. The van der Waals surface area contributed by atoms with E-state index in [-0.39, 0.29) is 0 Å². The molecule has 2 rings (SSSR count). The van der Waals surface area contributed by atoms with E-state index in [0.29, 0.717) is 12.1 Å². The zero-order valence-corrected chi connectivity index (χ0v) is 13.1. The highest BCUT2D eigenvalue weighted by atomic mass is 32.1. The van der Waals surface area contributed by atoms with Crippen molar-refractivity contribution in [1.29, 1.82) is 0 Å². The number of ether oxygens (including phenoxy) is 1. The molecular weight excluding hydrogens is 256 g/mol. The second-order valence-corrected chi connectivity index (χ2v) is 6.69. The summed E-state index contributed by atoms with van der Waals surface area (Å²) in [6, 6.07) is 5.09. The van der Waals surface area contributed by atoms with Crippen LogP contribution in [0.4, 0.5) is 0 Å². The van der Waals surface area contributed by atoms with Crippen LogP contribution in [0, 0.1) is 0 Å². The summed E-state index contributed by atoms with van der Waals surface area (Å²) in [5, 5.41) is 3.53. The molecule has 0 aliphatic carbocycles. The number of rotatable bonds is 6. The zero-order valence-electron chi connectivity index (χ0n) is 12.3. The maximum Gasteiger partial charge on any atom is 0.0826 e. The Kier molecular flexibility index (Phi) is 5.82. The monoisotopic (exact) mass is 282 g/mol. The van der Waals surface area contributed by atoms with E-state index in [1.165, 1.54) is 9.75 Å². The summed E-state index contributed by atoms with van der Waals surface area (Å²) in [6.45, 7) is 11.6. The third-order valence-corrected chi connectivity index (χ3v) is 4.87. The van der Waals surface area contributed by atoms with E-state index in [9.17, 15) is 0 Å². The number of thiophene rings is 1. The number of hydrogen-bond donors (Lipinski definition) is 1. The number of morpholine rings is 1. The molecule has 1 aliphatic heterocycles. The molecule has 1 aliphatic rings. The molecule has 4 heteroatoms. The highest BCUT2D eigenvalue weighted by Crippen LogP contribution is 2.16. The Balaban J connectivity index is 1.70. The van der Waals surface area contributed by atoms with Gasteiger partial charge in [0.15, 0.2) is 0 Å². The Labute approximate surface area is 121 Å². The molecule has 1 saturated heterocycles. The minimum atomic E-state index is 0.335. The van der Waals surface area contributed by atoms with Gasteiger partial charge in [0, 0.05) is 42.0 Å². The van der Waals surface area contributed by atoms with E-state index in [4.69, 9.17) is 4.74 Å². The summed E-state index contributed by atoms with van der Waals surface area (Å²) in [4.78, 5) is 5.39. The maximum absolute atomic E-state index is 5.82. The van der Waals surface area contributed by atoms with Crippen LogP contribution in [0.25, 0.3) is 0 Å². The molecule has 1 aromatic heterocycles. The fourth-order valence-corrected chi connectivity index (χ4v) is 3.33. The van der Waals surface area contributed by atoms with Crippen LogP contribution in [-0.2, 0) is 17.7 Å². The molecule has 1 atom stereocenters. The lowest BCUT2D eigenvalue weighted by Crippen LogP contribution is -2.48. The maximum atomic E-state index is 5.82. The Hall–Kier alpha value is -0.420. The Morgan fingerprint density at radius 3 is 2.89 bits per heavy atom. The fraction of sp³-hybridized carbons (Fsp3) is 0.733. The van der Waals surface area contributed by atoms with E-state index in [1.807, 2.05) is 11.3 Å². The van der Waals surface area contributed by atoms with Crippen molar-refractivity contribution < 1.29 is 4.74 Å². The lowest BCUT2D eigenvalue weighted by atomic mass is 10.2. The number of nitrogens with zero attached hydrogens (tertiary/aromatic N) is 1. The highest BCUT2D eigenvalue weighted by molar-refractivity contribution is 7.11. The van der Waals surface area contributed by atoms with Crippen molar-refractivity contribution in [3.05, 3.63) is 21.9 Å². The summed E-state index contributed by atoms with van der Waals surface area (Å²) < 4.78 is 5.82. The molecule has 19 heavy (non-hydrogen) atoms. The molecular formula is C15H26N2OS. The summed E-state index contributed by atoms with van der Waals surface area (Å²) in [6.07, 6.45) is 1.47. The van der Waals surface area contributed by atoms with Gasteiger partial charge in [0.1, 0.15) is 0 Å². The van der Waals surface area contributed by atoms with Gasteiger partial charge in [-0.2, -0.15) is 0 Å².